The van der Waals surface area contributed by atoms with Crippen molar-refractivity contribution >= 4 is 17.4 Å². The van der Waals surface area contributed by atoms with Crippen LogP contribution in [0.4, 0.5) is 11.5 Å². The maximum absolute atomic E-state index is 11.9. The van der Waals surface area contributed by atoms with Crippen LogP contribution in [-0.4, -0.2) is 42.0 Å². The third-order valence-corrected chi connectivity index (χ3v) is 2.88. The van der Waals surface area contributed by atoms with E-state index in [0.29, 0.717) is 6.54 Å². The third-order valence-electron chi connectivity index (χ3n) is 2.88. The van der Waals surface area contributed by atoms with Gasteiger partial charge in [-0.3, -0.25) is 4.79 Å². The minimum Gasteiger partial charge on any atom is -0.376 e. The number of aromatic nitrogens is 1. The Morgan fingerprint density at radius 2 is 2.00 bits per heavy atom. The maximum atomic E-state index is 11.9. The number of pyridine rings is 1. The number of hydrogen-bond acceptors (Lipinski definition) is 4. The first-order chi connectivity index (χ1) is 9.21. The zero-order chi connectivity index (χ0) is 14.1. The monoisotopic (exact) mass is 264 g/mol. The quantitative estimate of drug-likeness (QED) is 0.755. The summed E-state index contributed by atoms with van der Waals surface area (Å²) in [6, 6.07) is 3.79. The van der Waals surface area contributed by atoms with Crippen molar-refractivity contribution in [3.8, 4) is 0 Å². The topological polar surface area (TPSA) is 57.3 Å². The van der Waals surface area contributed by atoms with Crippen molar-refractivity contribution in [3.05, 3.63) is 18.3 Å². The third kappa shape index (κ3) is 5.16. The van der Waals surface area contributed by atoms with Crippen LogP contribution < -0.4 is 10.6 Å². The molecule has 0 unspecified atom stereocenters. The number of carbonyl (C=O) groups excluding carboxylic acids is 1. The van der Waals surface area contributed by atoms with Gasteiger partial charge in [0, 0.05) is 37.6 Å². The Morgan fingerprint density at radius 3 is 2.63 bits per heavy atom. The predicted molar refractivity (Wildman–Crippen MR) is 79.4 cm³/mol. The van der Waals surface area contributed by atoms with Crippen LogP contribution in [0.2, 0.25) is 0 Å². The molecule has 0 bridgehead atoms. The largest absolute Gasteiger partial charge is 0.376 e. The standard InChI is InChI=1S/C14H24N4O/c1-4-8-15-13-10-12(7-9-16-13)17-11-14(19)18(5-2)6-3/h7,9-10H,4-6,8,11H2,1-3H3,(H2,15,16,17). The Labute approximate surface area is 115 Å². The molecule has 1 rings (SSSR count). The minimum atomic E-state index is 0.116. The molecule has 0 spiro atoms. The van der Waals surface area contributed by atoms with Crippen molar-refractivity contribution < 1.29 is 4.79 Å². The lowest BCUT2D eigenvalue weighted by molar-refractivity contribution is -0.128. The number of nitrogens with zero attached hydrogens (tertiary/aromatic N) is 2. The van der Waals surface area contributed by atoms with E-state index in [1.807, 2.05) is 30.9 Å². The second-order valence-corrected chi connectivity index (χ2v) is 4.28. The molecule has 1 aromatic heterocycles. The zero-order valence-electron chi connectivity index (χ0n) is 12.1. The first-order valence-corrected chi connectivity index (χ1v) is 6.92. The minimum absolute atomic E-state index is 0.116. The number of rotatable bonds is 8. The van der Waals surface area contributed by atoms with Gasteiger partial charge in [-0.05, 0) is 26.3 Å². The first kappa shape index (κ1) is 15.3. The summed E-state index contributed by atoms with van der Waals surface area (Å²) in [5.74, 6) is 0.951. The van der Waals surface area contributed by atoms with Crippen LogP contribution in [0.15, 0.2) is 18.3 Å². The van der Waals surface area contributed by atoms with Gasteiger partial charge < -0.3 is 15.5 Å². The summed E-state index contributed by atoms with van der Waals surface area (Å²) in [4.78, 5) is 17.9. The molecule has 5 heteroatoms. The Balaban J connectivity index is 2.50. The molecule has 106 valence electrons. The van der Waals surface area contributed by atoms with Crippen LogP contribution in [0.3, 0.4) is 0 Å². The number of hydrogen-bond donors (Lipinski definition) is 2. The number of likely N-dealkylation sites (N-methyl/N-ethyl adjacent to an activating group) is 1. The predicted octanol–water partition coefficient (Wildman–Crippen LogP) is 2.18. The highest BCUT2D eigenvalue weighted by Crippen LogP contribution is 2.11. The number of carbonyl (C=O) groups is 1. The van der Waals surface area contributed by atoms with Gasteiger partial charge in [0.2, 0.25) is 5.91 Å². The van der Waals surface area contributed by atoms with Crippen LogP contribution >= 0.6 is 0 Å². The molecule has 0 aromatic carbocycles. The molecular weight excluding hydrogens is 240 g/mol. The molecule has 0 aliphatic heterocycles. The molecule has 0 atom stereocenters. The van der Waals surface area contributed by atoms with E-state index < -0.39 is 0 Å². The summed E-state index contributed by atoms with van der Waals surface area (Å²) in [7, 11) is 0. The van der Waals surface area contributed by atoms with Gasteiger partial charge in [0.05, 0.1) is 6.54 Å². The second kappa shape index (κ2) is 8.34. The van der Waals surface area contributed by atoms with Gasteiger partial charge in [-0.2, -0.15) is 0 Å². The van der Waals surface area contributed by atoms with E-state index >= 15 is 0 Å². The molecule has 1 heterocycles. The van der Waals surface area contributed by atoms with Gasteiger partial charge in [-0.1, -0.05) is 6.92 Å². The van der Waals surface area contributed by atoms with Crippen molar-refractivity contribution in [1.82, 2.24) is 9.88 Å². The molecule has 0 fully saturated rings. The molecule has 0 aliphatic carbocycles. The molecule has 2 N–H and O–H groups in total. The fourth-order valence-corrected chi connectivity index (χ4v) is 1.76. The molecule has 19 heavy (non-hydrogen) atoms. The Morgan fingerprint density at radius 1 is 1.26 bits per heavy atom. The first-order valence-electron chi connectivity index (χ1n) is 6.92. The van der Waals surface area contributed by atoms with Crippen LogP contribution in [0.5, 0.6) is 0 Å². The van der Waals surface area contributed by atoms with Crippen molar-refractivity contribution in [1.29, 1.82) is 0 Å². The molecule has 0 saturated heterocycles. The fraction of sp³-hybridized carbons (Fsp3) is 0.571. The smallest absolute Gasteiger partial charge is 0.241 e. The number of amides is 1. The average molecular weight is 264 g/mol. The van der Waals surface area contributed by atoms with Gasteiger partial charge >= 0.3 is 0 Å². The van der Waals surface area contributed by atoms with E-state index in [0.717, 1.165) is 37.6 Å². The highest BCUT2D eigenvalue weighted by molar-refractivity contribution is 5.80. The van der Waals surface area contributed by atoms with Crippen LogP contribution in [0.1, 0.15) is 27.2 Å². The van der Waals surface area contributed by atoms with Crippen molar-refractivity contribution in [2.24, 2.45) is 0 Å². The Kier molecular flexibility index (Phi) is 6.71. The summed E-state index contributed by atoms with van der Waals surface area (Å²) in [6.07, 6.45) is 2.79. The van der Waals surface area contributed by atoms with Gasteiger partial charge in [-0.15, -0.1) is 0 Å². The molecule has 0 radical (unpaired) electrons. The SMILES string of the molecule is CCCNc1cc(NCC(=O)N(CC)CC)ccn1. The van der Waals surface area contributed by atoms with Crippen molar-refractivity contribution in [2.75, 3.05) is 36.8 Å². The molecular formula is C14H24N4O. The normalized spacial score (nSPS) is 10.1. The molecule has 5 nitrogen and oxygen atoms in total. The van der Waals surface area contributed by atoms with Crippen molar-refractivity contribution in [3.63, 3.8) is 0 Å². The summed E-state index contributed by atoms with van der Waals surface area (Å²) in [6.45, 7) is 8.79. The van der Waals surface area contributed by atoms with Gasteiger partial charge in [-0.25, -0.2) is 4.98 Å². The Hall–Kier alpha value is -1.78. The van der Waals surface area contributed by atoms with Crippen LogP contribution in [-0.2, 0) is 4.79 Å². The van der Waals surface area contributed by atoms with E-state index in [-0.39, 0.29) is 5.91 Å². The van der Waals surface area contributed by atoms with E-state index in [4.69, 9.17) is 0 Å². The summed E-state index contributed by atoms with van der Waals surface area (Å²) < 4.78 is 0. The van der Waals surface area contributed by atoms with Crippen molar-refractivity contribution in [2.45, 2.75) is 27.2 Å². The highest BCUT2D eigenvalue weighted by atomic mass is 16.2. The molecule has 0 saturated carbocycles. The van der Waals surface area contributed by atoms with Gasteiger partial charge in [0.25, 0.3) is 0 Å². The maximum Gasteiger partial charge on any atom is 0.241 e. The van der Waals surface area contributed by atoms with E-state index in [9.17, 15) is 4.79 Å². The Bertz CT molecular complexity index is 391. The summed E-state index contributed by atoms with van der Waals surface area (Å²) in [5, 5.41) is 6.36. The van der Waals surface area contributed by atoms with Crippen LogP contribution in [0, 0.1) is 0 Å². The van der Waals surface area contributed by atoms with Gasteiger partial charge in [0.1, 0.15) is 5.82 Å². The van der Waals surface area contributed by atoms with Gasteiger partial charge in [0.15, 0.2) is 0 Å². The molecule has 1 amide bonds. The average Bonchev–Trinajstić information content (AvgIpc) is 2.44. The van der Waals surface area contributed by atoms with E-state index in [1.54, 1.807) is 6.20 Å². The van der Waals surface area contributed by atoms with Crippen LogP contribution in [0.25, 0.3) is 0 Å². The zero-order valence-corrected chi connectivity index (χ0v) is 12.1. The highest BCUT2D eigenvalue weighted by Gasteiger charge is 2.08. The molecule has 0 aliphatic rings. The summed E-state index contributed by atoms with van der Waals surface area (Å²) >= 11 is 0. The van der Waals surface area contributed by atoms with E-state index in [2.05, 4.69) is 22.5 Å². The second-order valence-electron chi connectivity index (χ2n) is 4.28. The van der Waals surface area contributed by atoms with E-state index in [1.165, 1.54) is 0 Å². The lowest BCUT2D eigenvalue weighted by Gasteiger charge is -2.19. The summed E-state index contributed by atoms with van der Waals surface area (Å²) in [5.41, 5.74) is 0.911. The lowest BCUT2D eigenvalue weighted by atomic mass is 10.3. The fourth-order valence-electron chi connectivity index (χ4n) is 1.76. The number of anilines is 2. The molecule has 1 aromatic rings. The lowest BCUT2D eigenvalue weighted by Crippen LogP contribution is -2.35. The number of nitrogens with one attached hydrogen (secondary N) is 2.